The van der Waals surface area contributed by atoms with E-state index in [9.17, 15) is 13.6 Å². The first-order valence-corrected chi connectivity index (χ1v) is 3.73. The minimum absolute atomic E-state index is 0.131. The molecule has 0 bridgehead atoms. The maximum Gasteiger partial charge on any atom is 0.280 e. The number of nitrogens with one attached hydrogen (secondary N) is 1. The van der Waals surface area contributed by atoms with Crippen LogP contribution in [0.1, 0.15) is 17.7 Å². The van der Waals surface area contributed by atoms with E-state index >= 15 is 0 Å². The van der Waals surface area contributed by atoms with E-state index in [0.717, 1.165) is 6.07 Å². The van der Waals surface area contributed by atoms with E-state index in [2.05, 4.69) is 0 Å². The predicted octanol–water partition coefficient (Wildman–Crippen LogP) is 0.961. The molecule has 74 valence electrons. The van der Waals surface area contributed by atoms with Crippen molar-refractivity contribution in [1.29, 1.82) is 5.26 Å². The van der Waals surface area contributed by atoms with Crippen molar-refractivity contribution in [3.8, 4) is 6.07 Å². The molecule has 1 rings (SSSR count). The van der Waals surface area contributed by atoms with Crippen molar-refractivity contribution in [1.82, 2.24) is 4.98 Å². The number of nitriles is 1. The fraction of sp³-hybridized carbons (Fsp3) is 0.250. The van der Waals surface area contributed by atoms with Gasteiger partial charge in [0.25, 0.3) is 6.43 Å². The van der Waals surface area contributed by atoms with Crippen LogP contribution in [-0.4, -0.2) is 4.98 Å². The third-order valence-corrected chi connectivity index (χ3v) is 1.69. The molecule has 0 aliphatic rings. The van der Waals surface area contributed by atoms with Crippen LogP contribution in [-0.2, 0) is 6.42 Å². The van der Waals surface area contributed by atoms with E-state index in [0.29, 0.717) is 0 Å². The Kier molecular flexibility index (Phi) is 2.82. The Hall–Kier alpha value is -1.90. The van der Waals surface area contributed by atoms with Gasteiger partial charge in [-0.15, -0.1) is 0 Å². The standard InChI is InChI=1S/C8H7F2N3O/c9-8(10)7-6(12)4(1-2-11)3-5(14)13-7/h3,8H,1,12H2,(H,13,14). The second-order valence-electron chi connectivity index (χ2n) is 2.62. The summed E-state index contributed by atoms with van der Waals surface area (Å²) in [4.78, 5) is 12.8. The summed E-state index contributed by atoms with van der Waals surface area (Å²) in [5, 5.41) is 8.36. The van der Waals surface area contributed by atoms with Gasteiger partial charge in [0.15, 0.2) is 0 Å². The lowest BCUT2D eigenvalue weighted by Crippen LogP contribution is -2.13. The van der Waals surface area contributed by atoms with Gasteiger partial charge in [0.2, 0.25) is 5.56 Å². The van der Waals surface area contributed by atoms with E-state index in [4.69, 9.17) is 11.0 Å². The number of nitrogens with two attached hydrogens (primary N) is 1. The number of H-pyrrole nitrogens is 1. The molecule has 14 heavy (non-hydrogen) atoms. The van der Waals surface area contributed by atoms with Crippen molar-refractivity contribution in [2.75, 3.05) is 5.73 Å². The highest BCUT2D eigenvalue weighted by Gasteiger charge is 2.15. The van der Waals surface area contributed by atoms with Gasteiger partial charge >= 0.3 is 0 Å². The fourth-order valence-electron chi connectivity index (χ4n) is 1.05. The van der Waals surface area contributed by atoms with Gasteiger partial charge in [0, 0.05) is 6.07 Å². The summed E-state index contributed by atoms with van der Waals surface area (Å²) >= 11 is 0. The highest BCUT2D eigenvalue weighted by atomic mass is 19.3. The molecule has 0 saturated carbocycles. The van der Waals surface area contributed by atoms with Crippen LogP contribution in [0.25, 0.3) is 0 Å². The Morgan fingerprint density at radius 2 is 2.29 bits per heavy atom. The molecule has 1 aromatic rings. The topological polar surface area (TPSA) is 82.7 Å². The first-order chi connectivity index (χ1) is 6.56. The number of hydrogen-bond acceptors (Lipinski definition) is 3. The van der Waals surface area contributed by atoms with Crippen LogP contribution >= 0.6 is 0 Å². The quantitative estimate of drug-likeness (QED) is 0.744. The molecule has 3 N–H and O–H groups in total. The molecule has 0 amide bonds. The van der Waals surface area contributed by atoms with Gasteiger partial charge in [0.1, 0.15) is 5.69 Å². The summed E-state index contributed by atoms with van der Waals surface area (Å²) in [5.41, 5.74) is 3.94. The van der Waals surface area contributed by atoms with E-state index in [1.165, 1.54) is 0 Å². The Labute approximate surface area is 78.0 Å². The highest BCUT2D eigenvalue weighted by Crippen LogP contribution is 2.23. The molecule has 0 aliphatic carbocycles. The van der Waals surface area contributed by atoms with Crippen molar-refractivity contribution in [3.63, 3.8) is 0 Å². The number of anilines is 1. The van der Waals surface area contributed by atoms with Gasteiger partial charge in [-0.2, -0.15) is 5.26 Å². The number of alkyl halides is 2. The van der Waals surface area contributed by atoms with Crippen LogP contribution in [0.15, 0.2) is 10.9 Å². The smallest absolute Gasteiger partial charge is 0.280 e. The average Bonchev–Trinajstić information content (AvgIpc) is 2.10. The SMILES string of the molecule is N#CCc1cc(=O)[nH]c(C(F)F)c1N. The van der Waals surface area contributed by atoms with Crippen molar-refractivity contribution in [2.24, 2.45) is 0 Å². The number of pyridine rings is 1. The van der Waals surface area contributed by atoms with Gasteiger partial charge in [-0.25, -0.2) is 8.78 Å². The highest BCUT2D eigenvalue weighted by molar-refractivity contribution is 5.51. The first-order valence-electron chi connectivity index (χ1n) is 3.73. The van der Waals surface area contributed by atoms with Crippen LogP contribution in [0.4, 0.5) is 14.5 Å². The zero-order valence-electron chi connectivity index (χ0n) is 7.05. The number of halogens is 2. The van der Waals surface area contributed by atoms with E-state index < -0.39 is 17.7 Å². The Morgan fingerprint density at radius 1 is 1.64 bits per heavy atom. The molecule has 0 aliphatic heterocycles. The van der Waals surface area contributed by atoms with Gasteiger partial charge in [0.05, 0.1) is 18.2 Å². The predicted molar refractivity (Wildman–Crippen MR) is 45.7 cm³/mol. The molecule has 6 heteroatoms. The van der Waals surface area contributed by atoms with Crippen molar-refractivity contribution in [2.45, 2.75) is 12.8 Å². The van der Waals surface area contributed by atoms with Gasteiger partial charge in [-0.1, -0.05) is 0 Å². The average molecular weight is 199 g/mol. The molecule has 0 aromatic carbocycles. The van der Waals surface area contributed by atoms with E-state index in [1.807, 2.05) is 4.98 Å². The minimum atomic E-state index is -2.85. The second kappa shape index (κ2) is 3.87. The lowest BCUT2D eigenvalue weighted by atomic mass is 10.1. The first kappa shape index (κ1) is 10.2. The summed E-state index contributed by atoms with van der Waals surface area (Å²) in [7, 11) is 0. The number of aromatic nitrogens is 1. The third-order valence-electron chi connectivity index (χ3n) is 1.69. The molecule has 0 fully saturated rings. The molecule has 0 spiro atoms. The van der Waals surface area contributed by atoms with Crippen molar-refractivity contribution < 1.29 is 8.78 Å². The molecular formula is C8H7F2N3O. The number of hydrogen-bond donors (Lipinski definition) is 2. The summed E-state index contributed by atoms with van der Waals surface area (Å²) in [6.07, 6.45) is -3.00. The summed E-state index contributed by atoms with van der Waals surface area (Å²) in [6.45, 7) is 0. The third kappa shape index (κ3) is 1.88. The van der Waals surface area contributed by atoms with Crippen LogP contribution in [0.3, 0.4) is 0 Å². The molecule has 1 aromatic heterocycles. The molecule has 0 saturated heterocycles. The van der Waals surface area contributed by atoms with E-state index in [1.54, 1.807) is 6.07 Å². The Morgan fingerprint density at radius 3 is 2.79 bits per heavy atom. The number of nitrogens with zero attached hydrogens (tertiary/aromatic N) is 1. The maximum absolute atomic E-state index is 12.3. The lowest BCUT2D eigenvalue weighted by Gasteiger charge is -2.06. The van der Waals surface area contributed by atoms with Gasteiger partial charge in [-0.05, 0) is 5.56 Å². The normalized spacial score (nSPS) is 10.1. The molecule has 1 heterocycles. The summed E-state index contributed by atoms with van der Waals surface area (Å²) < 4.78 is 24.6. The molecule has 0 atom stereocenters. The molecule has 0 unspecified atom stereocenters. The number of aromatic amines is 1. The van der Waals surface area contributed by atoms with Crippen LogP contribution in [0.5, 0.6) is 0 Å². The zero-order valence-corrected chi connectivity index (χ0v) is 7.05. The molecule has 0 radical (unpaired) electrons. The van der Waals surface area contributed by atoms with Crippen molar-refractivity contribution in [3.05, 3.63) is 27.7 Å². The van der Waals surface area contributed by atoms with Gasteiger partial charge < -0.3 is 10.7 Å². The summed E-state index contributed by atoms with van der Waals surface area (Å²) in [6, 6.07) is 2.79. The lowest BCUT2D eigenvalue weighted by molar-refractivity contribution is 0.146. The number of nitrogen functional groups attached to an aromatic ring is 1. The minimum Gasteiger partial charge on any atom is -0.397 e. The van der Waals surface area contributed by atoms with Gasteiger partial charge in [-0.3, -0.25) is 4.79 Å². The maximum atomic E-state index is 12.3. The largest absolute Gasteiger partial charge is 0.397 e. The zero-order chi connectivity index (χ0) is 10.7. The Balaban J connectivity index is 3.34. The summed E-state index contributed by atoms with van der Waals surface area (Å²) in [5.74, 6) is 0. The van der Waals surface area contributed by atoms with E-state index in [-0.39, 0.29) is 17.7 Å². The Bertz CT molecular complexity index is 433. The van der Waals surface area contributed by atoms with Crippen molar-refractivity contribution >= 4 is 5.69 Å². The molecular weight excluding hydrogens is 192 g/mol. The monoisotopic (exact) mass is 199 g/mol. The number of rotatable bonds is 2. The molecule has 4 nitrogen and oxygen atoms in total. The van der Waals surface area contributed by atoms with Crippen LogP contribution in [0.2, 0.25) is 0 Å². The second-order valence-corrected chi connectivity index (χ2v) is 2.62. The van der Waals surface area contributed by atoms with Crippen LogP contribution < -0.4 is 11.3 Å². The fourth-order valence-corrected chi connectivity index (χ4v) is 1.05. The van der Waals surface area contributed by atoms with Crippen LogP contribution in [0, 0.1) is 11.3 Å².